The van der Waals surface area contributed by atoms with Crippen molar-refractivity contribution in [3.63, 3.8) is 0 Å². The van der Waals surface area contributed by atoms with Gasteiger partial charge in [0.05, 0.1) is 25.8 Å². The highest BCUT2D eigenvalue weighted by atomic mass is 127. The van der Waals surface area contributed by atoms with E-state index in [1.807, 2.05) is 4.90 Å². The van der Waals surface area contributed by atoms with Gasteiger partial charge in [-0.3, -0.25) is 4.99 Å². The molecule has 1 saturated heterocycles. The number of nitrogens with zero attached hydrogens (tertiary/aromatic N) is 2. The van der Waals surface area contributed by atoms with E-state index in [1.54, 1.807) is 31.3 Å². The monoisotopic (exact) mass is 565 g/mol. The van der Waals surface area contributed by atoms with Gasteiger partial charge in [0.15, 0.2) is 5.96 Å². The molecule has 176 valence electrons. The van der Waals surface area contributed by atoms with Crippen molar-refractivity contribution in [2.45, 2.75) is 18.7 Å². The lowest BCUT2D eigenvalue weighted by Gasteiger charge is -2.35. The summed E-state index contributed by atoms with van der Waals surface area (Å²) in [6.07, 6.45) is -4.31. The lowest BCUT2D eigenvalue weighted by Crippen LogP contribution is -2.48. The van der Waals surface area contributed by atoms with Crippen LogP contribution in [0.4, 0.5) is 13.2 Å². The number of phenols is 1. The third-order valence-electron chi connectivity index (χ3n) is 5.13. The van der Waals surface area contributed by atoms with E-state index in [4.69, 9.17) is 9.47 Å². The zero-order valence-corrected chi connectivity index (χ0v) is 20.2. The van der Waals surface area contributed by atoms with Crippen LogP contribution in [0.5, 0.6) is 11.5 Å². The fourth-order valence-electron chi connectivity index (χ4n) is 3.48. The van der Waals surface area contributed by atoms with Gasteiger partial charge in [-0.15, -0.1) is 24.0 Å². The Hall–Kier alpha value is -2.21. The largest absolute Gasteiger partial charge is 0.508 e. The van der Waals surface area contributed by atoms with Gasteiger partial charge in [0.25, 0.3) is 0 Å². The second kappa shape index (κ2) is 11.6. The fourth-order valence-corrected chi connectivity index (χ4v) is 3.48. The van der Waals surface area contributed by atoms with Crippen LogP contribution in [0, 0.1) is 0 Å². The average molecular weight is 565 g/mol. The number of benzene rings is 2. The van der Waals surface area contributed by atoms with Crippen LogP contribution in [-0.2, 0) is 17.3 Å². The molecule has 0 amide bonds. The first-order valence-corrected chi connectivity index (χ1v) is 9.92. The van der Waals surface area contributed by atoms with E-state index >= 15 is 0 Å². The lowest BCUT2D eigenvalue weighted by molar-refractivity contribution is -0.137. The summed E-state index contributed by atoms with van der Waals surface area (Å²) in [4.78, 5) is 6.25. The van der Waals surface area contributed by atoms with Crippen molar-refractivity contribution in [3.8, 4) is 11.5 Å². The second-order valence-corrected chi connectivity index (χ2v) is 7.15. The summed E-state index contributed by atoms with van der Waals surface area (Å²) in [7, 11) is 3.19. The summed E-state index contributed by atoms with van der Waals surface area (Å²) in [5, 5.41) is 13.3. The molecule has 0 aromatic heterocycles. The Morgan fingerprint density at radius 1 is 1.28 bits per heavy atom. The van der Waals surface area contributed by atoms with Crippen molar-refractivity contribution < 1.29 is 27.8 Å². The van der Waals surface area contributed by atoms with Gasteiger partial charge in [0.1, 0.15) is 17.6 Å². The van der Waals surface area contributed by atoms with Crippen LogP contribution >= 0.6 is 24.0 Å². The SMILES string of the molecule is CN=C(NCCc1ccc(OC)cc1O)N1CCOC(c2cccc(C(F)(F)F)c2)C1.I. The summed E-state index contributed by atoms with van der Waals surface area (Å²) in [6, 6.07) is 10.4. The number of ether oxygens (including phenoxy) is 2. The molecule has 6 nitrogen and oxygen atoms in total. The van der Waals surface area contributed by atoms with Crippen molar-refractivity contribution in [1.29, 1.82) is 0 Å². The maximum absolute atomic E-state index is 13.0. The highest BCUT2D eigenvalue weighted by Gasteiger charge is 2.32. The molecule has 1 unspecified atom stereocenters. The highest BCUT2D eigenvalue weighted by Crippen LogP contribution is 2.32. The molecule has 1 fully saturated rings. The summed E-state index contributed by atoms with van der Waals surface area (Å²) < 4.78 is 49.9. The molecular formula is C22H27F3IN3O3. The maximum atomic E-state index is 13.0. The summed E-state index contributed by atoms with van der Waals surface area (Å²) in [5.74, 6) is 1.37. The second-order valence-electron chi connectivity index (χ2n) is 7.15. The van der Waals surface area contributed by atoms with E-state index < -0.39 is 17.8 Å². The molecule has 0 bridgehead atoms. The molecule has 1 atom stereocenters. The Morgan fingerprint density at radius 3 is 2.72 bits per heavy atom. The number of hydrogen-bond donors (Lipinski definition) is 2. The molecule has 32 heavy (non-hydrogen) atoms. The molecule has 10 heteroatoms. The topological polar surface area (TPSA) is 66.3 Å². The zero-order chi connectivity index (χ0) is 22.4. The number of rotatable bonds is 5. The summed E-state index contributed by atoms with van der Waals surface area (Å²) >= 11 is 0. The van der Waals surface area contributed by atoms with Crippen molar-refractivity contribution >= 4 is 29.9 Å². The Bertz CT molecular complexity index is 925. The van der Waals surface area contributed by atoms with Gasteiger partial charge in [0, 0.05) is 26.2 Å². The molecule has 1 aliphatic heterocycles. The number of aliphatic imine (C=N–C) groups is 1. The van der Waals surface area contributed by atoms with Crippen LogP contribution in [0.3, 0.4) is 0 Å². The number of nitrogens with one attached hydrogen (secondary N) is 1. The van der Waals surface area contributed by atoms with Crippen LogP contribution < -0.4 is 10.1 Å². The van der Waals surface area contributed by atoms with Gasteiger partial charge < -0.3 is 24.8 Å². The number of guanidine groups is 1. The molecular weight excluding hydrogens is 538 g/mol. The zero-order valence-electron chi connectivity index (χ0n) is 17.9. The normalized spacial score (nSPS) is 17.0. The summed E-state index contributed by atoms with van der Waals surface area (Å²) in [6.45, 7) is 1.86. The van der Waals surface area contributed by atoms with Crippen LogP contribution in [-0.4, -0.2) is 56.4 Å². The van der Waals surface area contributed by atoms with Crippen molar-refractivity contribution in [2.75, 3.05) is 40.4 Å². The number of phenolic OH excluding ortho intramolecular Hbond substituents is 1. The van der Waals surface area contributed by atoms with Crippen molar-refractivity contribution in [1.82, 2.24) is 10.2 Å². The third-order valence-corrected chi connectivity index (χ3v) is 5.13. The number of hydrogen-bond acceptors (Lipinski definition) is 4. The Kier molecular flexibility index (Phi) is 9.44. The fraction of sp³-hybridized carbons (Fsp3) is 0.409. The first kappa shape index (κ1) is 26.0. The Morgan fingerprint density at radius 2 is 2.06 bits per heavy atom. The van der Waals surface area contributed by atoms with Gasteiger partial charge in [-0.05, 0) is 35.7 Å². The average Bonchev–Trinajstić information content (AvgIpc) is 2.77. The van der Waals surface area contributed by atoms with E-state index in [0.29, 0.717) is 49.9 Å². The maximum Gasteiger partial charge on any atom is 0.416 e. The van der Waals surface area contributed by atoms with Gasteiger partial charge in [-0.1, -0.05) is 18.2 Å². The first-order valence-electron chi connectivity index (χ1n) is 9.92. The lowest BCUT2D eigenvalue weighted by atomic mass is 10.0. The minimum Gasteiger partial charge on any atom is -0.508 e. The molecule has 2 aromatic carbocycles. The van der Waals surface area contributed by atoms with E-state index in [1.165, 1.54) is 13.2 Å². The number of methoxy groups -OCH3 is 1. The van der Waals surface area contributed by atoms with E-state index in [0.717, 1.165) is 17.7 Å². The quantitative estimate of drug-likeness (QED) is 0.323. The molecule has 0 aliphatic carbocycles. The van der Waals surface area contributed by atoms with E-state index in [2.05, 4.69) is 10.3 Å². The minimum absolute atomic E-state index is 0. The molecule has 0 spiro atoms. The van der Waals surface area contributed by atoms with Crippen LogP contribution in [0.2, 0.25) is 0 Å². The van der Waals surface area contributed by atoms with Gasteiger partial charge in [-0.25, -0.2) is 0 Å². The van der Waals surface area contributed by atoms with Crippen molar-refractivity contribution in [2.24, 2.45) is 4.99 Å². The minimum atomic E-state index is -4.39. The molecule has 0 radical (unpaired) electrons. The Balaban J connectivity index is 0.00000363. The first-order chi connectivity index (χ1) is 14.8. The van der Waals surface area contributed by atoms with E-state index in [9.17, 15) is 18.3 Å². The molecule has 2 N–H and O–H groups in total. The van der Waals surface area contributed by atoms with E-state index in [-0.39, 0.29) is 29.7 Å². The van der Waals surface area contributed by atoms with Crippen LogP contribution in [0.25, 0.3) is 0 Å². The third kappa shape index (κ3) is 6.64. The van der Waals surface area contributed by atoms with Gasteiger partial charge in [0.2, 0.25) is 0 Å². The predicted octanol–water partition coefficient (Wildman–Crippen LogP) is 4.23. The molecule has 1 aliphatic rings. The molecule has 1 heterocycles. The number of morpholine rings is 1. The predicted molar refractivity (Wildman–Crippen MR) is 127 cm³/mol. The standard InChI is InChI=1S/C22H26F3N3O3.HI/c1-26-21(27-9-8-15-6-7-18(30-2)13-19(15)29)28-10-11-31-20(14-28)16-4-3-5-17(12-16)22(23,24)25;/h3-7,12-13,20,29H,8-11,14H2,1-2H3,(H,26,27);1H. The summed E-state index contributed by atoms with van der Waals surface area (Å²) in [5.41, 5.74) is 0.568. The number of alkyl halides is 3. The van der Waals surface area contributed by atoms with Crippen LogP contribution in [0.1, 0.15) is 22.8 Å². The number of aromatic hydroxyl groups is 1. The van der Waals surface area contributed by atoms with Gasteiger partial charge >= 0.3 is 6.18 Å². The molecule has 0 saturated carbocycles. The van der Waals surface area contributed by atoms with Gasteiger partial charge in [-0.2, -0.15) is 13.2 Å². The smallest absolute Gasteiger partial charge is 0.416 e. The molecule has 3 rings (SSSR count). The molecule has 2 aromatic rings. The van der Waals surface area contributed by atoms with Crippen LogP contribution in [0.15, 0.2) is 47.5 Å². The Labute approximate surface area is 202 Å². The highest BCUT2D eigenvalue weighted by molar-refractivity contribution is 14.0. The number of halogens is 4. The van der Waals surface area contributed by atoms with Crippen molar-refractivity contribution in [3.05, 3.63) is 59.2 Å².